The zero-order valence-corrected chi connectivity index (χ0v) is 11.0. The predicted octanol–water partition coefficient (Wildman–Crippen LogP) is 1.54. The van der Waals surface area contributed by atoms with Crippen LogP contribution in [0, 0.1) is 17.8 Å². The second-order valence-corrected chi connectivity index (χ2v) is 5.71. The molecular weight excluding hydrogens is 226 g/mol. The van der Waals surface area contributed by atoms with Crippen LogP contribution in [0.15, 0.2) is 30.3 Å². The average molecular weight is 247 g/mol. The van der Waals surface area contributed by atoms with Gasteiger partial charge in [-0.3, -0.25) is 0 Å². The fourth-order valence-corrected chi connectivity index (χ4v) is 3.83. The van der Waals surface area contributed by atoms with E-state index in [-0.39, 0.29) is 12.7 Å². The van der Waals surface area contributed by atoms with Crippen LogP contribution in [-0.2, 0) is 4.74 Å². The van der Waals surface area contributed by atoms with Crippen molar-refractivity contribution in [2.24, 2.45) is 17.8 Å². The number of aliphatic hydroxyl groups is 1. The molecule has 0 unspecified atom stereocenters. The number of rotatable bonds is 3. The average Bonchev–Trinajstić information content (AvgIpc) is 2.70. The molecule has 3 nitrogen and oxygen atoms in total. The maximum absolute atomic E-state index is 9.53. The van der Waals surface area contributed by atoms with Crippen LogP contribution >= 0.6 is 0 Å². The van der Waals surface area contributed by atoms with Gasteiger partial charge in [0.1, 0.15) is 0 Å². The lowest BCUT2D eigenvalue weighted by atomic mass is 9.59. The Labute approximate surface area is 108 Å². The highest BCUT2D eigenvalue weighted by atomic mass is 16.5. The van der Waals surface area contributed by atoms with Crippen LogP contribution in [0.25, 0.3) is 0 Å². The van der Waals surface area contributed by atoms with Crippen LogP contribution in [0.3, 0.4) is 0 Å². The van der Waals surface area contributed by atoms with Crippen molar-refractivity contribution in [3.8, 4) is 0 Å². The van der Waals surface area contributed by atoms with Gasteiger partial charge in [0.05, 0.1) is 12.7 Å². The van der Waals surface area contributed by atoms with Crippen molar-refractivity contribution in [1.29, 1.82) is 0 Å². The van der Waals surface area contributed by atoms with Crippen molar-refractivity contribution < 1.29 is 9.84 Å². The Balaban J connectivity index is 1.84. The smallest absolute Gasteiger partial charge is 0.0871 e. The number of nitrogens with zero attached hydrogens (tertiary/aromatic N) is 1. The minimum atomic E-state index is 0.200. The van der Waals surface area contributed by atoms with E-state index in [1.807, 2.05) is 6.07 Å². The number of aliphatic hydroxyl groups excluding tert-OH is 1. The summed E-state index contributed by atoms with van der Waals surface area (Å²) < 4.78 is 6.00. The highest BCUT2D eigenvalue weighted by molar-refractivity contribution is 5.23. The van der Waals surface area contributed by atoms with Crippen molar-refractivity contribution in [3.05, 3.63) is 35.9 Å². The van der Waals surface area contributed by atoms with E-state index in [9.17, 15) is 5.11 Å². The number of hydrogen-bond acceptors (Lipinski definition) is 3. The highest BCUT2D eigenvalue weighted by Gasteiger charge is 2.58. The standard InChI is InChI=1S/C15H21NO2/c1-16(2)14-11(8-17)12-9-18-15(13(12)14)10-6-4-3-5-7-10/h3-7,11-15,17H,8-9H2,1-2H3/t11-,12-,13-,14-,15-/m0/s1. The Kier molecular flexibility index (Phi) is 3.14. The van der Waals surface area contributed by atoms with E-state index in [2.05, 4.69) is 43.3 Å². The van der Waals surface area contributed by atoms with Gasteiger partial charge in [0.2, 0.25) is 0 Å². The summed E-state index contributed by atoms with van der Waals surface area (Å²) >= 11 is 0. The molecule has 98 valence electrons. The first kappa shape index (κ1) is 12.2. The van der Waals surface area contributed by atoms with E-state index >= 15 is 0 Å². The summed E-state index contributed by atoms with van der Waals surface area (Å²) in [4.78, 5) is 2.24. The Morgan fingerprint density at radius 1 is 1.28 bits per heavy atom. The minimum Gasteiger partial charge on any atom is -0.396 e. The molecule has 0 bridgehead atoms. The topological polar surface area (TPSA) is 32.7 Å². The van der Waals surface area contributed by atoms with Crippen LogP contribution in [0.2, 0.25) is 0 Å². The van der Waals surface area contributed by atoms with Crippen LogP contribution in [0.1, 0.15) is 11.7 Å². The maximum Gasteiger partial charge on any atom is 0.0871 e. The summed E-state index contributed by atoms with van der Waals surface area (Å²) in [6.45, 7) is 1.06. The lowest BCUT2D eigenvalue weighted by Gasteiger charge is -2.51. The first-order valence-corrected chi connectivity index (χ1v) is 6.68. The molecular formula is C15H21NO2. The Hall–Kier alpha value is -0.900. The number of fused-ring (bicyclic) bond motifs is 1. The largest absolute Gasteiger partial charge is 0.396 e. The molecule has 5 atom stereocenters. The van der Waals surface area contributed by atoms with Gasteiger partial charge in [-0.25, -0.2) is 0 Å². The second-order valence-electron chi connectivity index (χ2n) is 5.71. The van der Waals surface area contributed by atoms with Gasteiger partial charge in [0, 0.05) is 24.5 Å². The van der Waals surface area contributed by atoms with Crippen molar-refractivity contribution in [2.75, 3.05) is 27.3 Å². The molecule has 2 aliphatic rings. The van der Waals surface area contributed by atoms with Crippen molar-refractivity contribution >= 4 is 0 Å². The third kappa shape index (κ3) is 1.69. The quantitative estimate of drug-likeness (QED) is 0.879. The molecule has 0 spiro atoms. The molecule has 1 aliphatic heterocycles. The monoisotopic (exact) mass is 247 g/mol. The predicted molar refractivity (Wildman–Crippen MR) is 70.2 cm³/mol. The van der Waals surface area contributed by atoms with E-state index in [4.69, 9.17) is 4.74 Å². The molecule has 1 saturated heterocycles. The normalized spacial score (nSPS) is 38.6. The van der Waals surface area contributed by atoms with Gasteiger partial charge in [-0.1, -0.05) is 30.3 Å². The molecule has 1 aromatic carbocycles. The van der Waals surface area contributed by atoms with Gasteiger partial charge in [-0.05, 0) is 25.6 Å². The summed E-state index contributed by atoms with van der Waals surface area (Å²) in [5, 5.41) is 9.53. The lowest BCUT2D eigenvalue weighted by Crippen LogP contribution is -2.59. The van der Waals surface area contributed by atoms with Gasteiger partial charge in [0.15, 0.2) is 0 Å². The molecule has 3 heteroatoms. The highest BCUT2D eigenvalue weighted by Crippen LogP contribution is 2.55. The molecule has 0 radical (unpaired) electrons. The molecule has 1 N–H and O–H groups in total. The summed E-state index contributed by atoms with van der Waals surface area (Å²) in [5.41, 5.74) is 1.27. The Morgan fingerprint density at radius 2 is 2.00 bits per heavy atom. The summed E-state index contributed by atoms with van der Waals surface area (Å²) in [6.07, 6.45) is 0.200. The summed E-state index contributed by atoms with van der Waals surface area (Å²) in [7, 11) is 4.20. The SMILES string of the molecule is CN(C)[C@H]1[C@@H](CO)[C@@H]2CO[C@@H](c3ccccc3)[C@@H]21. The fourth-order valence-electron chi connectivity index (χ4n) is 3.83. The Morgan fingerprint density at radius 3 is 2.61 bits per heavy atom. The zero-order valence-electron chi connectivity index (χ0n) is 11.0. The van der Waals surface area contributed by atoms with E-state index in [1.54, 1.807) is 0 Å². The van der Waals surface area contributed by atoms with E-state index < -0.39 is 0 Å². The van der Waals surface area contributed by atoms with Crippen LogP contribution in [0.4, 0.5) is 0 Å². The van der Waals surface area contributed by atoms with Gasteiger partial charge in [-0.2, -0.15) is 0 Å². The minimum absolute atomic E-state index is 0.200. The molecule has 18 heavy (non-hydrogen) atoms. The van der Waals surface area contributed by atoms with E-state index in [0.29, 0.717) is 23.8 Å². The summed E-state index contributed by atoms with van der Waals surface area (Å²) in [5.74, 6) is 1.42. The molecule has 0 amide bonds. The number of hydrogen-bond donors (Lipinski definition) is 1. The molecule has 1 aromatic rings. The molecule has 1 aliphatic carbocycles. The van der Waals surface area contributed by atoms with Crippen LogP contribution in [0.5, 0.6) is 0 Å². The molecule has 0 aromatic heterocycles. The Bertz CT molecular complexity index is 406. The first-order valence-electron chi connectivity index (χ1n) is 6.68. The van der Waals surface area contributed by atoms with Gasteiger partial charge < -0.3 is 14.7 Å². The van der Waals surface area contributed by atoms with Gasteiger partial charge >= 0.3 is 0 Å². The third-order valence-corrected chi connectivity index (χ3v) is 4.63. The first-order chi connectivity index (χ1) is 8.74. The molecule has 2 fully saturated rings. The molecule has 1 heterocycles. The van der Waals surface area contributed by atoms with E-state index in [1.165, 1.54) is 5.56 Å². The maximum atomic E-state index is 9.53. The van der Waals surface area contributed by atoms with E-state index in [0.717, 1.165) is 6.61 Å². The van der Waals surface area contributed by atoms with Gasteiger partial charge in [0.25, 0.3) is 0 Å². The second kappa shape index (κ2) is 4.65. The number of ether oxygens (including phenoxy) is 1. The van der Waals surface area contributed by atoms with Gasteiger partial charge in [-0.15, -0.1) is 0 Å². The van der Waals surface area contributed by atoms with Crippen LogP contribution in [-0.4, -0.2) is 43.4 Å². The van der Waals surface area contributed by atoms with Crippen molar-refractivity contribution in [3.63, 3.8) is 0 Å². The zero-order chi connectivity index (χ0) is 12.7. The van der Waals surface area contributed by atoms with Crippen LogP contribution < -0.4 is 0 Å². The third-order valence-electron chi connectivity index (χ3n) is 4.63. The van der Waals surface area contributed by atoms with Crippen molar-refractivity contribution in [1.82, 2.24) is 4.90 Å². The number of benzene rings is 1. The lowest BCUT2D eigenvalue weighted by molar-refractivity contribution is -0.0576. The summed E-state index contributed by atoms with van der Waals surface area (Å²) in [6, 6.07) is 10.9. The fraction of sp³-hybridized carbons (Fsp3) is 0.600. The van der Waals surface area contributed by atoms with Crippen molar-refractivity contribution in [2.45, 2.75) is 12.1 Å². The molecule has 1 saturated carbocycles. The molecule has 3 rings (SSSR count).